The molecule has 0 aliphatic heterocycles. The average Bonchev–Trinajstić information content (AvgIpc) is 3.55. The normalized spacial score (nSPS) is 19.8. The van der Waals surface area contributed by atoms with E-state index in [9.17, 15) is 14.0 Å². The van der Waals surface area contributed by atoms with Gasteiger partial charge < -0.3 is 27.0 Å². The van der Waals surface area contributed by atoms with Gasteiger partial charge in [0.25, 0.3) is 5.91 Å². The number of nitrogens with zero attached hydrogens (tertiary/aromatic N) is 4. The van der Waals surface area contributed by atoms with E-state index in [2.05, 4.69) is 36.3 Å². The number of hydrogen-bond donors (Lipinski definition) is 5. The average molecular weight is 482 g/mol. The Hall–Kier alpha value is -3.80. The first-order valence-electron chi connectivity index (χ1n) is 11.8. The molecule has 2 fully saturated rings. The molecule has 35 heavy (non-hydrogen) atoms. The van der Waals surface area contributed by atoms with Crippen molar-refractivity contribution in [3.05, 3.63) is 42.2 Å². The highest BCUT2D eigenvalue weighted by Gasteiger charge is 2.26. The van der Waals surface area contributed by atoms with Gasteiger partial charge in [0, 0.05) is 42.1 Å². The number of amides is 2. The third-order valence-corrected chi connectivity index (χ3v) is 6.25. The number of nitrogens with two attached hydrogens (primary N) is 1. The van der Waals surface area contributed by atoms with Crippen molar-refractivity contribution in [1.82, 2.24) is 24.9 Å². The summed E-state index contributed by atoms with van der Waals surface area (Å²) in [6.45, 7) is -0.00417. The first-order valence-corrected chi connectivity index (χ1v) is 11.8. The highest BCUT2D eigenvalue weighted by atomic mass is 19.1. The van der Waals surface area contributed by atoms with E-state index in [1.165, 1.54) is 23.0 Å². The minimum Gasteiger partial charge on any atom is -0.379 e. The van der Waals surface area contributed by atoms with Crippen molar-refractivity contribution in [2.75, 3.05) is 22.5 Å². The van der Waals surface area contributed by atoms with Crippen molar-refractivity contribution < 1.29 is 14.0 Å². The van der Waals surface area contributed by atoms with Crippen LogP contribution in [0.15, 0.2) is 30.6 Å². The molecular weight excluding hydrogens is 453 g/mol. The number of nitrogens with one attached hydrogen (secondary N) is 4. The highest BCUT2D eigenvalue weighted by Crippen LogP contribution is 2.30. The molecule has 0 spiro atoms. The Kier molecular flexibility index (Phi) is 6.45. The fourth-order valence-corrected chi connectivity index (χ4v) is 4.30. The molecule has 12 heteroatoms. The Morgan fingerprint density at radius 2 is 1.74 bits per heavy atom. The van der Waals surface area contributed by atoms with Crippen LogP contribution in [0.1, 0.15) is 49.0 Å². The number of carbonyl (C=O) groups is 2. The van der Waals surface area contributed by atoms with Gasteiger partial charge in [-0.25, -0.2) is 14.5 Å². The standard InChI is InChI=1S/C23H28FN9O2/c24-19-9-16(7-8-26-19)31-23(35)18-12-27-22-17(28-13-1-2-13)10-20(32-33(18)22)29-14-3-5-15(6-4-14)30-21(34)11-25/h7-10,12-15,28H,1-6,11,25H2,(H,29,32)(H,30,34)(H,26,31,35)/t14-,15-. The first kappa shape index (κ1) is 23.0. The van der Waals surface area contributed by atoms with Crippen LogP contribution in [0.5, 0.6) is 0 Å². The molecule has 0 radical (unpaired) electrons. The fourth-order valence-electron chi connectivity index (χ4n) is 4.30. The lowest BCUT2D eigenvalue weighted by Gasteiger charge is -2.30. The maximum absolute atomic E-state index is 13.4. The minimum absolute atomic E-state index is 0.00417. The van der Waals surface area contributed by atoms with Gasteiger partial charge in [-0.05, 0) is 44.6 Å². The van der Waals surface area contributed by atoms with Gasteiger partial charge in [0.1, 0.15) is 5.82 Å². The Morgan fingerprint density at radius 3 is 2.46 bits per heavy atom. The summed E-state index contributed by atoms with van der Waals surface area (Å²) < 4.78 is 14.9. The van der Waals surface area contributed by atoms with Crippen LogP contribution in [-0.2, 0) is 4.79 Å². The molecule has 11 nitrogen and oxygen atoms in total. The molecule has 184 valence electrons. The maximum Gasteiger partial charge on any atom is 0.276 e. The second-order valence-corrected chi connectivity index (χ2v) is 9.03. The van der Waals surface area contributed by atoms with E-state index in [1.54, 1.807) is 0 Å². The van der Waals surface area contributed by atoms with Crippen LogP contribution in [0, 0.1) is 5.95 Å². The predicted octanol–water partition coefficient (Wildman–Crippen LogP) is 1.89. The van der Waals surface area contributed by atoms with E-state index in [-0.39, 0.29) is 30.2 Å². The highest BCUT2D eigenvalue weighted by molar-refractivity contribution is 6.03. The smallest absolute Gasteiger partial charge is 0.276 e. The van der Waals surface area contributed by atoms with Crippen molar-refractivity contribution in [3.8, 4) is 0 Å². The molecule has 0 unspecified atom stereocenters. The zero-order chi connectivity index (χ0) is 24.4. The maximum atomic E-state index is 13.4. The number of hydrogen-bond acceptors (Lipinski definition) is 8. The monoisotopic (exact) mass is 481 g/mol. The third kappa shape index (κ3) is 5.48. The number of aromatic nitrogens is 4. The topological polar surface area (TPSA) is 151 Å². The molecule has 3 aromatic heterocycles. The SMILES string of the molecule is NCC(=O)N[C@H]1CC[C@H](Nc2cc(NC3CC3)c3ncc(C(=O)Nc4ccnc(F)c4)n3n2)CC1. The van der Waals surface area contributed by atoms with Gasteiger partial charge in [-0.2, -0.15) is 4.39 Å². The van der Waals surface area contributed by atoms with Gasteiger partial charge in [-0.15, -0.1) is 5.10 Å². The molecule has 3 aromatic rings. The van der Waals surface area contributed by atoms with Gasteiger partial charge >= 0.3 is 0 Å². The summed E-state index contributed by atoms with van der Waals surface area (Å²) in [5.74, 6) is -0.651. The van der Waals surface area contributed by atoms with E-state index in [4.69, 9.17) is 5.73 Å². The van der Waals surface area contributed by atoms with Crippen LogP contribution in [0.4, 0.5) is 21.6 Å². The van der Waals surface area contributed by atoms with Crippen LogP contribution in [-0.4, -0.2) is 56.1 Å². The number of halogens is 1. The molecule has 2 aliphatic carbocycles. The summed E-state index contributed by atoms with van der Waals surface area (Å²) in [6.07, 6.45) is 8.34. The number of anilines is 3. The number of carbonyl (C=O) groups excluding carboxylic acids is 2. The van der Waals surface area contributed by atoms with Gasteiger partial charge in [-0.1, -0.05) is 0 Å². The molecule has 0 aromatic carbocycles. The van der Waals surface area contributed by atoms with Gasteiger partial charge in [0.2, 0.25) is 11.9 Å². The second-order valence-electron chi connectivity index (χ2n) is 9.03. The lowest BCUT2D eigenvalue weighted by atomic mass is 9.91. The van der Waals surface area contributed by atoms with Crippen LogP contribution < -0.4 is 27.0 Å². The number of fused-ring (bicyclic) bond motifs is 1. The number of rotatable bonds is 8. The van der Waals surface area contributed by atoms with E-state index < -0.39 is 11.9 Å². The largest absolute Gasteiger partial charge is 0.379 e. The van der Waals surface area contributed by atoms with Crippen molar-refractivity contribution >= 4 is 34.7 Å². The van der Waals surface area contributed by atoms with Gasteiger partial charge in [0.05, 0.1) is 18.4 Å². The van der Waals surface area contributed by atoms with E-state index in [1.807, 2.05) is 6.07 Å². The molecule has 0 saturated heterocycles. The second kappa shape index (κ2) is 9.82. The quantitative estimate of drug-likeness (QED) is 0.306. The first-order chi connectivity index (χ1) is 17.0. The Labute approximate surface area is 201 Å². The number of pyridine rings is 1. The molecule has 5 rings (SSSR count). The van der Waals surface area contributed by atoms with Crippen molar-refractivity contribution in [2.45, 2.75) is 56.7 Å². The lowest BCUT2D eigenvalue weighted by Crippen LogP contribution is -2.42. The minimum atomic E-state index is -0.682. The molecule has 0 atom stereocenters. The zero-order valence-corrected chi connectivity index (χ0v) is 19.1. The molecule has 2 saturated carbocycles. The Bertz CT molecular complexity index is 1230. The van der Waals surface area contributed by atoms with Crippen LogP contribution in [0.3, 0.4) is 0 Å². The Morgan fingerprint density at radius 1 is 1.03 bits per heavy atom. The van der Waals surface area contributed by atoms with Gasteiger partial charge in [0.15, 0.2) is 11.3 Å². The predicted molar refractivity (Wildman–Crippen MR) is 129 cm³/mol. The van der Waals surface area contributed by atoms with E-state index in [0.717, 1.165) is 50.3 Å². The molecular formula is C23H28FN9O2. The summed E-state index contributed by atoms with van der Waals surface area (Å²) in [5.41, 5.74) is 7.26. The molecule has 6 N–H and O–H groups in total. The molecule has 2 amide bonds. The lowest BCUT2D eigenvalue weighted by molar-refractivity contribution is -0.120. The van der Waals surface area contributed by atoms with Crippen molar-refractivity contribution in [1.29, 1.82) is 0 Å². The van der Waals surface area contributed by atoms with Crippen molar-refractivity contribution in [3.63, 3.8) is 0 Å². The molecule has 0 bridgehead atoms. The fraction of sp³-hybridized carbons (Fsp3) is 0.435. The van der Waals surface area contributed by atoms with Crippen LogP contribution >= 0.6 is 0 Å². The van der Waals surface area contributed by atoms with E-state index >= 15 is 0 Å². The summed E-state index contributed by atoms with van der Waals surface area (Å²) in [7, 11) is 0. The Balaban J connectivity index is 1.35. The number of imidazole rings is 1. The zero-order valence-electron chi connectivity index (χ0n) is 19.1. The third-order valence-electron chi connectivity index (χ3n) is 6.25. The summed E-state index contributed by atoms with van der Waals surface area (Å²) in [6, 6.07) is 5.27. The van der Waals surface area contributed by atoms with Crippen LogP contribution in [0.2, 0.25) is 0 Å². The molecule has 2 aliphatic rings. The van der Waals surface area contributed by atoms with Crippen LogP contribution in [0.25, 0.3) is 5.65 Å². The molecule has 3 heterocycles. The summed E-state index contributed by atoms with van der Waals surface area (Å²) >= 11 is 0. The summed E-state index contributed by atoms with van der Waals surface area (Å²) in [4.78, 5) is 32.5. The van der Waals surface area contributed by atoms with Gasteiger partial charge in [-0.3, -0.25) is 9.59 Å². The van der Waals surface area contributed by atoms with Crippen molar-refractivity contribution in [2.24, 2.45) is 5.73 Å². The van der Waals surface area contributed by atoms with E-state index in [0.29, 0.717) is 23.2 Å². The summed E-state index contributed by atoms with van der Waals surface area (Å²) in [5, 5.41) is 17.2.